The predicted molar refractivity (Wildman–Crippen MR) is 101 cm³/mol. The maximum Gasteiger partial charge on any atom is 0.335 e. The lowest BCUT2D eigenvalue weighted by atomic mass is 9.73. The number of carbonyl (C=O) groups is 2. The van der Waals surface area contributed by atoms with Gasteiger partial charge < -0.3 is 19.9 Å². The lowest BCUT2D eigenvalue weighted by Gasteiger charge is -2.36. The van der Waals surface area contributed by atoms with Crippen molar-refractivity contribution in [2.45, 2.75) is 24.9 Å². The zero-order valence-electron chi connectivity index (χ0n) is 15.5. The molecule has 1 aliphatic heterocycles. The van der Waals surface area contributed by atoms with E-state index in [2.05, 4.69) is 5.32 Å². The number of rotatable bonds is 6. The van der Waals surface area contributed by atoms with Crippen molar-refractivity contribution in [3.8, 4) is 0 Å². The molecule has 1 saturated heterocycles. The first-order valence-corrected chi connectivity index (χ1v) is 8.96. The molecule has 2 N–H and O–H groups in total. The third-order valence-electron chi connectivity index (χ3n) is 4.99. The number of anilines is 1. The van der Waals surface area contributed by atoms with Crippen molar-refractivity contribution in [1.82, 2.24) is 0 Å². The van der Waals surface area contributed by atoms with Crippen molar-refractivity contribution < 1.29 is 28.6 Å². The first-order valence-electron chi connectivity index (χ1n) is 8.96. The van der Waals surface area contributed by atoms with Gasteiger partial charge in [0.05, 0.1) is 17.6 Å². The van der Waals surface area contributed by atoms with Crippen molar-refractivity contribution in [2.24, 2.45) is 0 Å². The Morgan fingerprint density at radius 2 is 1.86 bits per heavy atom. The van der Waals surface area contributed by atoms with E-state index in [9.17, 15) is 19.1 Å². The summed E-state index contributed by atoms with van der Waals surface area (Å²) in [5.74, 6) is -1.73. The van der Waals surface area contributed by atoms with Gasteiger partial charge in [0, 0.05) is 26.0 Å². The van der Waals surface area contributed by atoms with Crippen molar-refractivity contribution in [2.75, 3.05) is 25.6 Å². The molecule has 0 unspecified atom stereocenters. The Hall–Kier alpha value is -2.77. The van der Waals surface area contributed by atoms with Crippen LogP contribution in [0.15, 0.2) is 42.5 Å². The summed E-state index contributed by atoms with van der Waals surface area (Å²) in [6.45, 7) is 1.05. The van der Waals surface area contributed by atoms with Gasteiger partial charge in [0.15, 0.2) is 0 Å². The third-order valence-corrected chi connectivity index (χ3v) is 4.99. The zero-order valence-corrected chi connectivity index (χ0v) is 15.5. The quantitative estimate of drug-likeness (QED) is 0.794. The molecule has 148 valence electrons. The van der Waals surface area contributed by atoms with E-state index in [1.165, 1.54) is 31.4 Å². The average molecular weight is 387 g/mol. The van der Waals surface area contributed by atoms with Crippen molar-refractivity contribution in [1.29, 1.82) is 0 Å². The van der Waals surface area contributed by atoms with E-state index in [0.29, 0.717) is 42.9 Å². The molecule has 6 nitrogen and oxygen atoms in total. The maximum atomic E-state index is 13.4. The molecule has 1 fully saturated rings. The minimum absolute atomic E-state index is 0.0626. The molecule has 0 aromatic heterocycles. The van der Waals surface area contributed by atoms with Gasteiger partial charge in [-0.1, -0.05) is 12.1 Å². The van der Waals surface area contributed by atoms with Crippen molar-refractivity contribution in [3.63, 3.8) is 0 Å². The Labute approximate surface area is 162 Å². The summed E-state index contributed by atoms with van der Waals surface area (Å²) >= 11 is 0. The number of methoxy groups -OCH3 is 1. The molecule has 1 heterocycles. The van der Waals surface area contributed by atoms with Crippen LogP contribution in [0.4, 0.5) is 10.1 Å². The second kappa shape index (κ2) is 8.50. The fourth-order valence-electron chi connectivity index (χ4n) is 3.52. The fourth-order valence-corrected chi connectivity index (χ4v) is 3.52. The Kier molecular flexibility index (Phi) is 6.06. The number of ether oxygens (including phenoxy) is 2. The summed E-state index contributed by atoms with van der Waals surface area (Å²) in [6, 6.07) is 10.5. The maximum absolute atomic E-state index is 13.4. The zero-order chi connectivity index (χ0) is 20.1. The van der Waals surface area contributed by atoms with Crippen LogP contribution in [-0.4, -0.2) is 37.3 Å². The van der Waals surface area contributed by atoms with Crippen LogP contribution in [-0.2, 0) is 26.3 Å². The minimum Gasteiger partial charge on any atom is -0.478 e. The predicted octanol–water partition coefficient (Wildman–Crippen LogP) is 3.36. The van der Waals surface area contributed by atoms with E-state index < -0.39 is 11.4 Å². The van der Waals surface area contributed by atoms with Gasteiger partial charge >= 0.3 is 5.97 Å². The van der Waals surface area contributed by atoms with Crippen LogP contribution >= 0.6 is 0 Å². The summed E-state index contributed by atoms with van der Waals surface area (Å²) < 4.78 is 23.9. The molecule has 0 atom stereocenters. The second-order valence-corrected chi connectivity index (χ2v) is 6.81. The van der Waals surface area contributed by atoms with Gasteiger partial charge in [-0.3, -0.25) is 4.79 Å². The topological polar surface area (TPSA) is 84.9 Å². The minimum atomic E-state index is -1.09. The van der Waals surface area contributed by atoms with Crippen LogP contribution in [0.2, 0.25) is 0 Å². The van der Waals surface area contributed by atoms with Crippen molar-refractivity contribution in [3.05, 3.63) is 65.0 Å². The van der Waals surface area contributed by atoms with Gasteiger partial charge in [-0.25, -0.2) is 9.18 Å². The fraction of sp³-hybridized carbons (Fsp3) is 0.333. The highest BCUT2D eigenvalue weighted by molar-refractivity contribution is 6.00. The van der Waals surface area contributed by atoms with Gasteiger partial charge in [-0.15, -0.1) is 0 Å². The molecule has 0 spiro atoms. The summed E-state index contributed by atoms with van der Waals surface area (Å²) in [6.07, 6.45) is 0.905. The van der Waals surface area contributed by atoms with Crippen LogP contribution in [0, 0.1) is 5.82 Å². The summed E-state index contributed by atoms with van der Waals surface area (Å²) in [7, 11) is 1.51. The SMILES string of the molecule is COCc1cc(NC(=O)C2(c3ccc(F)cc3)CCOCC2)cc(C(=O)O)c1. The number of carboxylic acid groups (broad SMARTS) is 1. The Bertz CT molecular complexity index is 860. The molecule has 0 saturated carbocycles. The second-order valence-electron chi connectivity index (χ2n) is 6.81. The Balaban J connectivity index is 1.94. The highest BCUT2D eigenvalue weighted by Gasteiger charge is 2.41. The van der Waals surface area contributed by atoms with E-state index in [0.717, 1.165) is 0 Å². The standard InChI is InChI=1S/C21H22FNO5/c1-27-13-14-10-15(19(24)25)12-18(11-14)23-20(26)21(6-8-28-9-7-21)16-2-4-17(22)5-3-16/h2-5,10-12H,6-9,13H2,1H3,(H,23,26)(H,24,25). The van der Waals surface area contributed by atoms with Crippen LogP contribution in [0.3, 0.4) is 0 Å². The van der Waals surface area contributed by atoms with Gasteiger partial charge in [-0.05, 0) is 54.3 Å². The van der Waals surface area contributed by atoms with E-state index in [-0.39, 0.29) is 23.9 Å². The van der Waals surface area contributed by atoms with Gasteiger partial charge in [0.2, 0.25) is 5.91 Å². The van der Waals surface area contributed by atoms with Gasteiger partial charge in [0.25, 0.3) is 0 Å². The first-order chi connectivity index (χ1) is 13.4. The third kappa shape index (κ3) is 4.21. The van der Waals surface area contributed by atoms with E-state index in [1.807, 2.05) is 0 Å². The summed E-state index contributed by atoms with van der Waals surface area (Å²) in [4.78, 5) is 24.7. The lowest BCUT2D eigenvalue weighted by molar-refractivity contribution is -0.125. The molecule has 0 radical (unpaired) electrons. The largest absolute Gasteiger partial charge is 0.478 e. The number of carboxylic acids is 1. The average Bonchev–Trinajstić information content (AvgIpc) is 2.69. The molecular weight excluding hydrogens is 365 g/mol. The van der Waals surface area contributed by atoms with E-state index in [1.54, 1.807) is 18.2 Å². The molecule has 2 aromatic carbocycles. The molecule has 1 amide bonds. The monoisotopic (exact) mass is 387 g/mol. The Morgan fingerprint density at radius 1 is 1.18 bits per heavy atom. The number of hydrogen-bond donors (Lipinski definition) is 2. The molecule has 28 heavy (non-hydrogen) atoms. The van der Waals surface area contributed by atoms with Crippen molar-refractivity contribution >= 4 is 17.6 Å². The number of carbonyl (C=O) groups excluding carboxylic acids is 1. The molecule has 3 rings (SSSR count). The van der Waals surface area contributed by atoms with Crippen LogP contribution in [0.25, 0.3) is 0 Å². The molecule has 1 aliphatic rings. The highest BCUT2D eigenvalue weighted by atomic mass is 19.1. The normalized spacial score (nSPS) is 15.8. The first kappa shape index (κ1) is 20.0. The van der Waals surface area contributed by atoms with Gasteiger partial charge in [-0.2, -0.15) is 0 Å². The Morgan fingerprint density at radius 3 is 2.46 bits per heavy atom. The van der Waals surface area contributed by atoms with Crippen LogP contribution < -0.4 is 5.32 Å². The van der Waals surface area contributed by atoms with Crippen LogP contribution in [0.5, 0.6) is 0 Å². The van der Waals surface area contributed by atoms with E-state index in [4.69, 9.17) is 9.47 Å². The number of hydrogen-bond acceptors (Lipinski definition) is 4. The highest BCUT2D eigenvalue weighted by Crippen LogP contribution is 2.36. The number of nitrogens with one attached hydrogen (secondary N) is 1. The smallest absolute Gasteiger partial charge is 0.335 e. The van der Waals surface area contributed by atoms with E-state index >= 15 is 0 Å². The number of halogens is 1. The number of benzene rings is 2. The molecule has 0 aliphatic carbocycles. The summed E-state index contributed by atoms with van der Waals surface area (Å²) in [5.41, 5.74) is 0.923. The number of aromatic carboxylic acids is 1. The van der Waals surface area contributed by atoms with Crippen LogP contribution in [0.1, 0.15) is 34.3 Å². The summed E-state index contributed by atoms with van der Waals surface area (Å²) in [5, 5.41) is 12.2. The van der Waals surface area contributed by atoms with Gasteiger partial charge in [0.1, 0.15) is 5.82 Å². The number of amides is 1. The lowest BCUT2D eigenvalue weighted by Crippen LogP contribution is -2.44. The molecule has 7 heteroatoms. The molecule has 2 aromatic rings. The molecular formula is C21H22FNO5. The molecule has 0 bridgehead atoms.